The van der Waals surface area contributed by atoms with Crippen LogP contribution in [0.25, 0.3) is 0 Å². The lowest BCUT2D eigenvalue weighted by Gasteiger charge is -2.24. The minimum Gasteiger partial charge on any atom is -0.496 e. The molecule has 0 N–H and O–H groups in total. The average Bonchev–Trinajstić information content (AvgIpc) is 3.26. The molecule has 1 aromatic heterocycles. The minimum absolute atomic E-state index is 0.0455. The Labute approximate surface area is 180 Å². The zero-order valence-electron chi connectivity index (χ0n) is 17.4. The first-order valence-electron chi connectivity index (χ1n) is 9.61. The normalized spacial score (nSPS) is 10.5. The molecule has 0 spiro atoms. The van der Waals surface area contributed by atoms with Crippen molar-refractivity contribution in [3.63, 3.8) is 0 Å². The van der Waals surface area contributed by atoms with Crippen molar-refractivity contribution in [3.05, 3.63) is 81.5 Å². The number of Topliss-reactive ketones (excluding diaryl/α,β-unsaturated/α-hetero) is 1. The molecule has 2 aromatic carbocycles. The number of rotatable bonds is 9. The number of ketones is 1. The predicted molar refractivity (Wildman–Crippen MR) is 118 cm³/mol. The first kappa shape index (κ1) is 21.6. The number of hydrogen-bond donors (Lipinski definition) is 0. The van der Waals surface area contributed by atoms with Crippen LogP contribution < -0.4 is 9.47 Å². The van der Waals surface area contributed by atoms with Crippen LogP contribution in [0, 0.1) is 0 Å². The van der Waals surface area contributed by atoms with E-state index in [1.54, 1.807) is 43.8 Å². The highest BCUT2D eigenvalue weighted by Crippen LogP contribution is 2.25. The van der Waals surface area contributed by atoms with Crippen molar-refractivity contribution in [3.8, 4) is 11.5 Å². The van der Waals surface area contributed by atoms with E-state index in [2.05, 4.69) is 0 Å². The van der Waals surface area contributed by atoms with E-state index in [-0.39, 0.29) is 18.1 Å². The summed E-state index contributed by atoms with van der Waals surface area (Å²) in [5.41, 5.74) is 2.20. The van der Waals surface area contributed by atoms with Crippen LogP contribution in [0.2, 0.25) is 0 Å². The van der Waals surface area contributed by atoms with Crippen molar-refractivity contribution in [1.29, 1.82) is 0 Å². The second kappa shape index (κ2) is 10.1. The van der Waals surface area contributed by atoms with Gasteiger partial charge in [-0.15, -0.1) is 11.3 Å². The summed E-state index contributed by atoms with van der Waals surface area (Å²) in [6.07, 6.45) is 0.144. The summed E-state index contributed by atoms with van der Waals surface area (Å²) in [6.45, 7) is 2.44. The summed E-state index contributed by atoms with van der Waals surface area (Å²) < 4.78 is 10.9. The summed E-state index contributed by atoms with van der Waals surface area (Å²) in [5.74, 6) is 1.25. The molecule has 1 amide bonds. The van der Waals surface area contributed by atoms with Gasteiger partial charge in [0.25, 0.3) is 0 Å². The van der Waals surface area contributed by atoms with E-state index in [1.807, 2.05) is 46.7 Å². The number of ether oxygens (including phenoxy) is 2. The van der Waals surface area contributed by atoms with Crippen LogP contribution in [0.15, 0.2) is 60.0 Å². The van der Waals surface area contributed by atoms with Gasteiger partial charge in [0.15, 0.2) is 5.78 Å². The molecule has 0 radical (unpaired) electrons. The molecular weight excluding hydrogens is 398 g/mol. The van der Waals surface area contributed by atoms with Crippen LogP contribution in [0.4, 0.5) is 0 Å². The largest absolute Gasteiger partial charge is 0.496 e. The third-order valence-electron chi connectivity index (χ3n) is 4.86. The molecule has 5 nitrogen and oxygen atoms in total. The lowest BCUT2D eigenvalue weighted by atomic mass is 10.0. The molecule has 0 saturated heterocycles. The second-order valence-electron chi connectivity index (χ2n) is 6.90. The Morgan fingerprint density at radius 1 is 0.900 bits per heavy atom. The van der Waals surface area contributed by atoms with Gasteiger partial charge in [-0.05, 0) is 42.6 Å². The van der Waals surface area contributed by atoms with Crippen molar-refractivity contribution in [2.24, 2.45) is 0 Å². The fourth-order valence-corrected chi connectivity index (χ4v) is 3.99. The fraction of sp³-hybridized carbons (Fsp3) is 0.250. The Morgan fingerprint density at radius 2 is 1.63 bits per heavy atom. The summed E-state index contributed by atoms with van der Waals surface area (Å²) in [6, 6.07) is 16.9. The Morgan fingerprint density at radius 3 is 2.30 bits per heavy atom. The van der Waals surface area contributed by atoms with Gasteiger partial charge in [-0.3, -0.25) is 9.59 Å². The number of carbonyl (C=O) groups excluding carboxylic acids is 2. The highest BCUT2D eigenvalue weighted by molar-refractivity contribution is 7.09. The molecule has 6 heteroatoms. The molecule has 0 unspecified atom stereocenters. The Hall–Kier alpha value is -3.12. The average molecular weight is 424 g/mol. The number of thiophene rings is 1. The number of nitrogens with zero attached hydrogens (tertiary/aromatic N) is 1. The van der Waals surface area contributed by atoms with Gasteiger partial charge >= 0.3 is 0 Å². The van der Waals surface area contributed by atoms with Gasteiger partial charge in [0, 0.05) is 28.1 Å². The lowest BCUT2D eigenvalue weighted by molar-refractivity contribution is -0.131. The number of amides is 1. The van der Waals surface area contributed by atoms with E-state index in [0.29, 0.717) is 30.0 Å². The Bertz CT molecular complexity index is 1010. The monoisotopic (exact) mass is 423 g/mol. The lowest BCUT2D eigenvalue weighted by Crippen LogP contribution is -2.31. The van der Waals surface area contributed by atoms with Gasteiger partial charge in [-0.2, -0.15) is 0 Å². The maximum Gasteiger partial charge on any atom is 0.227 e. The molecule has 0 aliphatic heterocycles. The van der Waals surface area contributed by atoms with Crippen molar-refractivity contribution in [2.45, 2.75) is 26.4 Å². The summed E-state index contributed by atoms with van der Waals surface area (Å²) in [4.78, 5) is 28.0. The van der Waals surface area contributed by atoms with Gasteiger partial charge in [-0.25, -0.2) is 0 Å². The molecule has 0 atom stereocenters. The quantitative estimate of drug-likeness (QED) is 0.467. The first-order valence-corrected chi connectivity index (χ1v) is 10.5. The molecule has 3 aromatic rings. The first-order chi connectivity index (χ1) is 14.5. The highest BCUT2D eigenvalue weighted by Gasteiger charge is 2.20. The van der Waals surface area contributed by atoms with E-state index in [1.165, 1.54) is 6.92 Å². The van der Waals surface area contributed by atoms with Gasteiger partial charge in [0.05, 0.1) is 27.2 Å². The molecular formula is C24H25NO4S. The van der Waals surface area contributed by atoms with Crippen LogP contribution in [-0.2, 0) is 24.3 Å². The Balaban J connectivity index is 1.88. The Kier molecular flexibility index (Phi) is 7.25. The SMILES string of the molecule is COc1ccc(C(C)=O)cc1CC(=O)N(Cc1cccs1)Cc1ccccc1OC. The van der Waals surface area contributed by atoms with Gasteiger partial charge in [-0.1, -0.05) is 24.3 Å². The number of benzene rings is 2. The van der Waals surface area contributed by atoms with E-state index >= 15 is 0 Å². The molecule has 0 aliphatic carbocycles. The third-order valence-corrected chi connectivity index (χ3v) is 5.72. The van der Waals surface area contributed by atoms with E-state index in [0.717, 1.165) is 16.2 Å². The molecule has 0 saturated carbocycles. The highest BCUT2D eigenvalue weighted by atomic mass is 32.1. The van der Waals surface area contributed by atoms with Crippen molar-refractivity contribution in [2.75, 3.05) is 14.2 Å². The van der Waals surface area contributed by atoms with Crippen molar-refractivity contribution < 1.29 is 19.1 Å². The smallest absolute Gasteiger partial charge is 0.227 e. The number of methoxy groups -OCH3 is 2. The zero-order valence-corrected chi connectivity index (χ0v) is 18.2. The third kappa shape index (κ3) is 5.27. The summed E-state index contributed by atoms with van der Waals surface area (Å²) in [7, 11) is 3.19. The number of hydrogen-bond acceptors (Lipinski definition) is 5. The van der Waals surface area contributed by atoms with Crippen LogP contribution >= 0.6 is 11.3 Å². The van der Waals surface area contributed by atoms with Crippen LogP contribution in [0.5, 0.6) is 11.5 Å². The van der Waals surface area contributed by atoms with E-state index in [9.17, 15) is 9.59 Å². The topological polar surface area (TPSA) is 55.8 Å². The minimum atomic E-state index is -0.0479. The predicted octanol–water partition coefficient (Wildman–Crippen LogP) is 4.74. The number of carbonyl (C=O) groups is 2. The second-order valence-corrected chi connectivity index (χ2v) is 7.93. The standard InChI is InChI=1S/C24H25NO4S/c1-17(26)18-10-11-23(29-3)20(13-18)14-24(27)25(16-21-8-6-12-30-21)15-19-7-4-5-9-22(19)28-2/h4-13H,14-16H2,1-3H3. The maximum atomic E-state index is 13.3. The molecule has 156 valence electrons. The molecule has 1 heterocycles. The van der Waals surface area contributed by atoms with Gasteiger partial charge in [0.2, 0.25) is 5.91 Å². The summed E-state index contributed by atoms with van der Waals surface area (Å²) in [5, 5.41) is 2.00. The molecule has 0 bridgehead atoms. The van der Waals surface area contributed by atoms with E-state index < -0.39 is 0 Å². The maximum absolute atomic E-state index is 13.3. The van der Waals surface area contributed by atoms with Crippen LogP contribution in [-0.4, -0.2) is 30.8 Å². The fourth-order valence-electron chi connectivity index (χ4n) is 3.27. The van der Waals surface area contributed by atoms with Crippen LogP contribution in [0.3, 0.4) is 0 Å². The molecule has 30 heavy (non-hydrogen) atoms. The van der Waals surface area contributed by atoms with Crippen molar-refractivity contribution in [1.82, 2.24) is 4.90 Å². The van der Waals surface area contributed by atoms with Gasteiger partial charge in [0.1, 0.15) is 11.5 Å². The molecule has 0 aliphatic rings. The molecule has 0 fully saturated rings. The van der Waals surface area contributed by atoms with Crippen LogP contribution in [0.1, 0.15) is 33.3 Å². The van der Waals surface area contributed by atoms with Gasteiger partial charge < -0.3 is 14.4 Å². The number of para-hydroxylation sites is 1. The zero-order chi connectivity index (χ0) is 21.5. The summed E-state index contributed by atoms with van der Waals surface area (Å²) >= 11 is 1.62. The van der Waals surface area contributed by atoms with Crippen molar-refractivity contribution >= 4 is 23.0 Å². The van der Waals surface area contributed by atoms with E-state index in [4.69, 9.17) is 9.47 Å². The molecule has 3 rings (SSSR count).